The fourth-order valence-corrected chi connectivity index (χ4v) is 1.49. The van der Waals surface area contributed by atoms with Gasteiger partial charge in [-0.05, 0) is 31.0 Å². The van der Waals surface area contributed by atoms with Crippen molar-refractivity contribution >= 4 is 17.6 Å². The van der Waals surface area contributed by atoms with E-state index in [1.165, 1.54) is 6.07 Å². The van der Waals surface area contributed by atoms with E-state index in [0.717, 1.165) is 0 Å². The first-order valence-corrected chi connectivity index (χ1v) is 4.63. The molecule has 15 heavy (non-hydrogen) atoms. The molecule has 0 fully saturated rings. The molecule has 0 saturated heterocycles. The monoisotopic (exact) mass is 230 g/mol. The van der Waals surface area contributed by atoms with Crippen molar-refractivity contribution in [3.8, 4) is 5.75 Å². The van der Waals surface area contributed by atoms with Crippen molar-refractivity contribution in [3.05, 3.63) is 27.8 Å². The minimum Gasteiger partial charge on any atom is -0.506 e. The van der Waals surface area contributed by atoms with Gasteiger partial charge in [-0.1, -0.05) is 11.6 Å². The molecule has 1 aromatic carbocycles. The number of phenols is 1. The van der Waals surface area contributed by atoms with E-state index in [1.54, 1.807) is 13.8 Å². The van der Waals surface area contributed by atoms with Crippen LogP contribution in [-0.2, 0) is 4.79 Å². The van der Waals surface area contributed by atoms with E-state index in [1.807, 2.05) is 0 Å². The Hall–Kier alpha value is -1.26. The lowest BCUT2D eigenvalue weighted by atomic mass is 10.0. The topological polar surface area (TPSA) is 77.8 Å². The summed E-state index contributed by atoms with van der Waals surface area (Å²) in [6.45, 7) is 3.42. The zero-order chi connectivity index (χ0) is 11.7. The highest BCUT2D eigenvalue weighted by atomic mass is 35.5. The molecule has 1 atom stereocenters. The number of carbonyl (C=O) groups is 1. The van der Waals surface area contributed by atoms with Crippen molar-refractivity contribution < 1.29 is 20.1 Å². The van der Waals surface area contributed by atoms with Gasteiger partial charge in [0, 0.05) is 5.56 Å². The summed E-state index contributed by atoms with van der Waals surface area (Å²) in [5.74, 6) is -1.81. The summed E-state index contributed by atoms with van der Waals surface area (Å²) in [7, 11) is 0. The molecule has 0 aromatic heterocycles. The van der Waals surface area contributed by atoms with Gasteiger partial charge in [0.15, 0.2) is 6.10 Å². The third kappa shape index (κ3) is 2.06. The van der Waals surface area contributed by atoms with Crippen LogP contribution in [0.2, 0.25) is 5.02 Å². The molecule has 0 aliphatic rings. The predicted octanol–water partition coefficient (Wildman–Crippen LogP) is 1.78. The van der Waals surface area contributed by atoms with Crippen LogP contribution in [0.1, 0.15) is 22.8 Å². The number of rotatable bonds is 2. The van der Waals surface area contributed by atoms with Crippen molar-refractivity contribution in [3.63, 3.8) is 0 Å². The first-order chi connectivity index (χ1) is 6.86. The second-order valence-electron chi connectivity index (χ2n) is 3.31. The van der Waals surface area contributed by atoms with Gasteiger partial charge in [-0.3, -0.25) is 0 Å². The number of halogens is 1. The fourth-order valence-electron chi connectivity index (χ4n) is 1.23. The van der Waals surface area contributed by atoms with Crippen LogP contribution in [0.25, 0.3) is 0 Å². The van der Waals surface area contributed by atoms with E-state index >= 15 is 0 Å². The average Bonchev–Trinajstić information content (AvgIpc) is 2.19. The smallest absolute Gasteiger partial charge is 0.337 e. The standard InChI is InChI=1S/C10H11ClO4/c1-4-3-6(9(13)10(14)15)8(12)7(11)5(4)2/h3,9,12-13H,1-2H3,(H,14,15). The van der Waals surface area contributed by atoms with Gasteiger partial charge in [0.05, 0.1) is 5.02 Å². The van der Waals surface area contributed by atoms with Gasteiger partial charge in [-0.2, -0.15) is 0 Å². The van der Waals surface area contributed by atoms with Crippen LogP contribution in [-0.4, -0.2) is 21.3 Å². The molecule has 5 heteroatoms. The van der Waals surface area contributed by atoms with Crippen molar-refractivity contribution in [2.24, 2.45) is 0 Å². The Morgan fingerprint density at radius 2 is 2.00 bits per heavy atom. The first-order valence-electron chi connectivity index (χ1n) is 4.25. The largest absolute Gasteiger partial charge is 0.506 e. The quantitative estimate of drug-likeness (QED) is 0.724. The zero-order valence-corrected chi connectivity index (χ0v) is 9.04. The number of aliphatic hydroxyl groups is 1. The number of aromatic hydroxyl groups is 1. The van der Waals surface area contributed by atoms with Gasteiger partial charge in [-0.15, -0.1) is 0 Å². The summed E-state index contributed by atoms with van der Waals surface area (Å²) < 4.78 is 0. The Balaban J connectivity index is 3.38. The van der Waals surface area contributed by atoms with Gasteiger partial charge in [-0.25, -0.2) is 4.79 Å². The Morgan fingerprint density at radius 3 is 2.47 bits per heavy atom. The van der Waals surface area contributed by atoms with E-state index in [0.29, 0.717) is 11.1 Å². The molecule has 0 spiro atoms. The molecule has 1 aromatic rings. The minimum absolute atomic E-state index is 0.0744. The second kappa shape index (κ2) is 4.08. The number of aliphatic hydroxyl groups excluding tert-OH is 1. The molecule has 1 unspecified atom stereocenters. The molecular weight excluding hydrogens is 220 g/mol. The van der Waals surface area contributed by atoms with Gasteiger partial charge in [0.25, 0.3) is 0 Å². The number of phenolic OH excluding ortho intramolecular Hbond substituents is 1. The number of benzene rings is 1. The van der Waals surface area contributed by atoms with Crippen molar-refractivity contribution in [2.75, 3.05) is 0 Å². The summed E-state index contributed by atoms with van der Waals surface area (Å²) in [5, 5.41) is 27.5. The van der Waals surface area contributed by atoms with Crippen molar-refractivity contribution in [1.82, 2.24) is 0 Å². The second-order valence-corrected chi connectivity index (χ2v) is 3.69. The number of carboxylic acid groups (broad SMARTS) is 1. The Kier molecular flexibility index (Phi) is 3.21. The van der Waals surface area contributed by atoms with Crippen LogP contribution in [0.15, 0.2) is 6.07 Å². The van der Waals surface area contributed by atoms with Crippen molar-refractivity contribution in [1.29, 1.82) is 0 Å². The summed E-state index contributed by atoms with van der Waals surface area (Å²) in [5.41, 5.74) is 1.29. The zero-order valence-electron chi connectivity index (χ0n) is 8.28. The molecule has 0 aliphatic heterocycles. The number of carboxylic acids is 1. The maximum absolute atomic E-state index is 10.6. The summed E-state index contributed by atoms with van der Waals surface area (Å²) in [6, 6.07) is 1.41. The summed E-state index contributed by atoms with van der Waals surface area (Å²) in [4.78, 5) is 10.6. The van der Waals surface area contributed by atoms with E-state index in [2.05, 4.69) is 0 Å². The third-order valence-corrected chi connectivity index (χ3v) is 2.77. The maximum Gasteiger partial charge on any atom is 0.337 e. The number of aryl methyl sites for hydroxylation is 1. The van der Waals surface area contributed by atoms with Gasteiger partial charge < -0.3 is 15.3 Å². The molecule has 3 N–H and O–H groups in total. The Morgan fingerprint density at radius 1 is 1.47 bits per heavy atom. The van der Waals surface area contributed by atoms with E-state index < -0.39 is 12.1 Å². The molecule has 0 aliphatic carbocycles. The molecule has 1 rings (SSSR count). The van der Waals surface area contributed by atoms with Gasteiger partial charge in [0.2, 0.25) is 0 Å². The highest BCUT2D eigenvalue weighted by Gasteiger charge is 2.22. The average molecular weight is 231 g/mol. The fraction of sp³-hybridized carbons (Fsp3) is 0.300. The van der Waals surface area contributed by atoms with Crippen LogP contribution in [0.4, 0.5) is 0 Å². The normalized spacial score (nSPS) is 12.5. The molecule has 0 saturated carbocycles. The first kappa shape index (κ1) is 11.8. The lowest BCUT2D eigenvalue weighted by Gasteiger charge is -2.13. The lowest BCUT2D eigenvalue weighted by Crippen LogP contribution is -2.11. The van der Waals surface area contributed by atoms with Gasteiger partial charge >= 0.3 is 5.97 Å². The van der Waals surface area contributed by atoms with E-state index in [9.17, 15) is 15.0 Å². The summed E-state index contributed by atoms with van der Waals surface area (Å²) in [6.07, 6.45) is -1.76. The Bertz CT molecular complexity index is 414. The molecule has 0 radical (unpaired) electrons. The van der Waals surface area contributed by atoms with Gasteiger partial charge in [0.1, 0.15) is 5.75 Å². The van der Waals surface area contributed by atoms with E-state index in [-0.39, 0.29) is 16.3 Å². The lowest BCUT2D eigenvalue weighted by molar-refractivity contribution is -0.147. The molecule has 0 amide bonds. The van der Waals surface area contributed by atoms with Crippen LogP contribution in [0, 0.1) is 13.8 Å². The number of aliphatic carboxylic acids is 1. The SMILES string of the molecule is Cc1cc(C(O)C(=O)O)c(O)c(Cl)c1C. The van der Waals surface area contributed by atoms with Crippen LogP contribution in [0.5, 0.6) is 5.75 Å². The van der Waals surface area contributed by atoms with Crippen LogP contribution in [0.3, 0.4) is 0 Å². The van der Waals surface area contributed by atoms with Crippen LogP contribution < -0.4 is 0 Å². The predicted molar refractivity (Wildman–Crippen MR) is 55.2 cm³/mol. The molecular formula is C10H11ClO4. The number of hydrogen-bond acceptors (Lipinski definition) is 3. The Labute approximate surface area is 91.7 Å². The highest BCUT2D eigenvalue weighted by molar-refractivity contribution is 6.33. The molecule has 0 bridgehead atoms. The van der Waals surface area contributed by atoms with E-state index in [4.69, 9.17) is 16.7 Å². The van der Waals surface area contributed by atoms with Crippen LogP contribution >= 0.6 is 11.6 Å². The maximum atomic E-state index is 10.6. The molecule has 82 valence electrons. The summed E-state index contributed by atoms with van der Waals surface area (Å²) >= 11 is 5.78. The molecule has 4 nitrogen and oxygen atoms in total. The highest BCUT2D eigenvalue weighted by Crippen LogP contribution is 2.36. The molecule has 0 heterocycles. The minimum atomic E-state index is -1.76. The third-order valence-electron chi connectivity index (χ3n) is 2.30. The number of hydrogen-bond donors (Lipinski definition) is 3. The van der Waals surface area contributed by atoms with Crippen molar-refractivity contribution in [2.45, 2.75) is 20.0 Å².